The van der Waals surface area contributed by atoms with Crippen LogP contribution in [0.15, 0.2) is 24.3 Å². The molecule has 1 amide bonds. The molecule has 2 N–H and O–H groups in total. The summed E-state index contributed by atoms with van der Waals surface area (Å²) in [5, 5.41) is 0.949. The summed E-state index contributed by atoms with van der Waals surface area (Å²) in [5.74, 6) is 0.684. The number of amides is 1. The second-order valence-electron chi connectivity index (χ2n) is 5.23. The summed E-state index contributed by atoms with van der Waals surface area (Å²) >= 11 is 6.82. The molecule has 2 atom stereocenters. The van der Waals surface area contributed by atoms with Crippen LogP contribution in [0.4, 0.5) is 0 Å². The number of nitrogens with zero attached hydrogens (tertiary/aromatic N) is 1. The predicted molar refractivity (Wildman–Crippen MR) is 90.9 cm³/mol. The van der Waals surface area contributed by atoms with Gasteiger partial charge in [-0.15, -0.1) is 0 Å². The maximum atomic E-state index is 12.2. The standard InChI is InChI=1S/C15H20N2O2S2/c1-10-7-17(8-11(2)21-10)14(18)9-19-13-5-3-12(4-6-13)15(16)20/h3-6,10-11H,7-9H2,1-2H3,(H2,16,20). The SMILES string of the molecule is CC1CN(C(=O)COc2ccc(C(N)=S)cc2)CC(C)S1. The number of thioether (sulfide) groups is 1. The molecule has 1 fully saturated rings. The van der Waals surface area contributed by atoms with Crippen LogP contribution in [0.2, 0.25) is 0 Å². The third-order valence-electron chi connectivity index (χ3n) is 3.27. The number of hydrogen-bond acceptors (Lipinski definition) is 4. The lowest BCUT2D eigenvalue weighted by Crippen LogP contribution is -2.45. The Morgan fingerprint density at radius 2 is 1.90 bits per heavy atom. The molecule has 2 unspecified atom stereocenters. The van der Waals surface area contributed by atoms with Crippen LogP contribution in [-0.2, 0) is 4.79 Å². The van der Waals surface area contributed by atoms with Crippen LogP contribution in [0.3, 0.4) is 0 Å². The number of benzene rings is 1. The van der Waals surface area contributed by atoms with Gasteiger partial charge in [0.25, 0.3) is 5.91 Å². The quantitative estimate of drug-likeness (QED) is 0.859. The molecule has 0 radical (unpaired) electrons. The molecule has 1 saturated heterocycles. The van der Waals surface area contributed by atoms with Gasteiger partial charge in [0.1, 0.15) is 10.7 Å². The van der Waals surface area contributed by atoms with E-state index in [0.29, 0.717) is 21.2 Å². The van der Waals surface area contributed by atoms with Gasteiger partial charge in [-0.1, -0.05) is 26.1 Å². The fraction of sp³-hybridized carbons (Fsp3) is 0.467. The van der Waals surface area contributed by atoms with Crippen molar-refractivity contribution < 1.29 is 9.53 Å². The second kappa shape index (κ2) is 7.13. The van der Waals surface area contributed by atoms with Gasteiger partial charge in [-0.05, 0) is 24.3 Å². The minimum Gasteiger partial charge on any atom is -0.484 e. The maximum absolute atomic E-state index is 12.2. The van der Waals surface area contributed by atoms with Crippen molar-refractivity contribution in [3.05, 3.63) is 29.8 Å². The van der Waals surface area contributed by atoms with Crippen LogP contribution in [0, 0.1) is 0 Å². The van der Waals surface area contributed by atoms with Crippen molar-refractivity contribution in [3.8, 4) is 5.75 Å². The molecule has 4 nitrogen and oxygen atoms in total. The molecule has 0 bridgehead atoms. The molecule has 2 rings (SSSR count). The maximum Gasteiger partial charge on any atom is 0.260 e. The van der Waals surface area contributed by atoms with E-state index in [-0.39, 0.29) is 12.5 Å². The van der Waals surface area contributed by atoms with E-state index in [1.54, 1.807) is 24.3 Å². The Labute approximate surface area is 135 Å². The molecule has 1 aliphatic rings. The Bertz CT molecular complexity index is 509. The van der Waals surface area contributed by atoms with Gasteiger partial charge in [-0.2, -0.15) is 11.8 Å². The van der Waals surface area contributed by atoms with Crippen molar-refractivity contribution in [2.24, 2.45) is 5.73 Å². The Kier molecular flexibility index (Phi) is 5.47. The summed E-state index contributed by atoms with van der Waals surface area (Å²) in [6.07, 6.45) is 0. The average molecular weight is 324 g/mol. The number of hydrogen-bond donors (Lipinski definition) is 1. The van der Waals surface area contributed by atoms with Crippen LogP contribution in [0.1, 0.15) is 19.4 Å². The molecular weight excluding hydrogens is 304 g/mol. The smallest absolute Gasteiger partial charge is 0.260 e. The Balaban J connectivity index is 1.87. The number of nitrogens with two attached hydrogens (primary N) is 1. The fourth-order valence-corrected chi connectivity index (χ4v) is 3.79. The number of thiocarbonyl (C=S) groups is 1. The van der Waals surface area contributed by atoms with Gasteiger partial charge in [-0.3, -0.25) is 4.79 Å². The Hall–Kier alpha value is -1.27. The van der Waals surface area contributed by atoms with Crippen molar-refractivity contribution in [1.82, 2.24) is 4.90 Å². The van der Waals surface area contributed by atoms with Crippen molar-refractivity contribution in [3.63, 3.8) is 0 Å². The van der Waals surface area contributed by atoms with Gasteiger partial charge in [0.05, 0.1) is 0 Å². The summed E-state index contributed by atoms with van der Waals surface area (Å²) in [6, 6.07) is 7.14. The van der Waals surface area contributed by atoms with Crippen LogP contribution in [0.5, 0.6) is 5.75 Å². The third kappa shape index (κ3) is 4.61. The molecule has 1 heterocycles. The third-order valence-corrected chi connectivity index (χ3v) is 4.74. The molecule has 114 valence electrons. The zero-order valence-electron chi connectivity index (χ0n) is 12.2. The molecule has 0 aromatic heterocycles. The van der Waals surface area contributed by atoms with Crippen LogP contribution in [0.25, 0.3) is 0 Å². The predicted octanol–water partition coefficient (Wildman–Crippen LogP) is 2.05. The molecule has 1 aliphatic heterocycles. The highest BCUT2D eigenvalue weighted by Gasteiger charge is 2.25. The normalized spacial score (nSPS) is 21.9. The topological polar surface area (TPSA) is 55.6 Å². The van der Waals surface area contributed by atoms with E-state index in [1.807, 2.05) is 16.7 Å². The Morgan fingerprint density at radius 3 is 2.43 bits per heavy atom. The molecule has 1 aromatic carbocycles. The minimum atomic E-state index is 0.0347. The summed E-state index contributed by atoms with van der Waals surface area (Å²) in [4.78, 5) is 14.4. The Morgan fingerprint density at radius 1 is 1.33 bits per heavy atom. The van der Waals surface area contributed by atoms with Gasteiger partial charge < -0.3 is 15.4 Å². The van der Waals surface area contributed by atoms with E-state index < -0.39 is 0 Å². The van der Waals surface area contributed by atoms with Crippen molar-refractivity contribution in [1.29, 1.82) is 0 Å². The first-order chi connectivity index (χ1) is 9.95. The largest absolute Gasteiger partial charge is 0.484 e. The van der Waals surface area contributed by atoms with Gasteiger partial charge in [0.15, 0.2) is 6.61 Å². The molecule has 0 spiro atoms. The summed E-state index contributed by atoms with van der Waals surface area (Å²) in [6.45, 7) is 5.94. The van der Waals surface area contributed by atoms with Crippen molar-refractivity contribution >= 4 is 34.9 Å². The van der Waals surface area contributed by atoms with E-state index in [9.17, 15) is 4.79 Å². The number of carbonyl (C=O) groups is 1. The minimum absolute atomic E-state index is 0.0347. The van der Waals surface area contributed by atoms with E-state index in [2.05, 4.69) is 13.8 Å². The zero-order chi connectivity index (χ0) is 15.4. The van der Waals surface area contributed by atoms with Crippen LogP contribution >= 0.6 is 24.0 Å². The number of ether oxygens (including phenoxy) is 1. The van der Waals surface area contributed by atoms with Crippen LogP contribution in [-0.4, -0.2) is 46.0 Å². The van der Waals surface area contributed by atoms with E-state index in [4.69, 9.17) is 22.7 Å². The van der Waals surface area contributed by atoms with Crippen LogP contribution < -0.4 is 10.5 Å². The van der Waals surface area contributed by atoms with E-state index in [1.165, 1.54) is 0 Å². The first-order valence-corrected chi connectivity index (χ1v) is 8.26. The molecular formula is C15H20N2O2S2. The molecule has 0 saturated carbocycles. The highest BCUT2D eigenvalue weighted by Crippen LogP contribution is 2.24. The second-order valence-corrected chi connectivity index (χ2v) is 7.55. The molecule has 6 heteroatoms. The van der Waals surface area contributed by atoms with Crippen molar-refractivity contribution in [2.75, 3.05) is 19.7 Å². The lowest BCUT2D eigenvalue weighted by atomic mass is 10.2. The monoisotopic (exact) mass is 324 g/mol. The zero-order valence-corrected chi connectivity index (χ0v) is 13.9. The summed E-state index contributed by atoms with van der Waals surface area (Å²) in [7, 11) is 0. The van der Waals surface area contributed by atoms with Gasteiger partial charge in [0.2, 0.25) is 0 Å². The van der Waals surface area contributed by atoms with Gasteiger partial charge in [-0.25, -0.2) is 0 Å². The van der Waals surface area contributed by atoms with Crippen molar-refractivity contribution in [2.45, 2.75) is 24.3 Å². The van der Waals surface area contributed by atoms with Gasteiger partial charge >= 0.3 is 0 Å². The fourth-order valence-electron chi connectivity index (χ4n) is 2.33. The average Bonchev–Trinajstić information content (AvgIpc) is 2.44. The van der Waals surface area contributed by atoms with E-state index in [0.717, 1.165) is 18.7 Å². The highest BCUT2D eigenvalue weighted by atomic mass is 32.2. The molecule has 0 aliphatic carbocycles. The van der Waals surface area contributed by atoms with E-state index >= 15 is 0 Å². The lowest BCUT2D eigenvalue weighted by Gasteiger charge is -2.34. The first kappa shape index (κ1) is 16.1. The lowest BCUT2D eigenvalue weighted by molar-refractivity contribution is -0.133. The summed E-state index contributed by atoms with van der Waals surface area (Å²) in [5.41, 5.74) is 6.33. The number of rotatable bonds is 4. The molecule has 21 heavy (non-hydrogen) atoms. The highest BCUT2D eigenvalue weighted by molar-refractivity contribution is 8.00. The summed E-state index contributed by atoms with van der Waals surface area (Å²) < 4.78 is 5.54. The number of carbonyl (C=O) groups excluding carboxylic acids is 1. The van der Waals surface area contributed by atoms with Gasteiger partial charge in [0, 0.05) is 29.2 Å². The molecule has 1 aromatic rings. The first-order valence-electron chi connectivity index (χ1n) is 6.91.